The van der Waals surface area contributed by atoms with Gasteiger partial charge in [0.2, 0.25) is 0 Å². The smallest absolute Gasteiger partial charge is 0.411 e. The summed E-state index contributed by atoms with van der Waals surface area (Å²) in [6, 6.07) is 2.68. The van der Waals surface area contributed by atoms with E-state index in [1.165, 1.54) is 23.0 Å². The van der Waals surface area contributed by atoms with Crippen LogP contribution in [0.25, 0.3) is 11.5 Å². The molecule has 0 aliphatic carbocycles. The third-order valence-corrected chi connectivity index (χ3v) is 2.06. The normalized spacial score (nSPS) is 11.1. The van der Waals surface area contributed by atoms with Crippen LogP contribution in [0.2, 0.25) is 0 Å². The van der Waals surface area contributed by atoms with Crippen LogP contribution in [0.15, 0.2) is 27.9 Å². The molecule has 0 amide bonds. The van der Waals surface area contributed by atoms with Gasteiger partial charge in [0.05, 0.1) is 12.3 Å². The molecule has 8 nitrogen and oxygen atoms in total. The van der Waals surface area contributed by atoms with Gasteiger partial charge in [0, 0.05) is 18.8 Å². The lowest BCUT2D eigenvalue weighted by atomic mass is 10.2. The summed E-state index contributed by atoms with van der Waals surface area (Å²) in [5.74, 6) is -0.121. The largest absolute Gasteiger partial charge is 0.433 e. The van der Waals surface area contributed by atoms with Crippen molar-refractivity contribution in [3.05, 3.63) is 34.0 Å². The highest BCUT2D eigenvalue weighted by atomic mass is 16.6. The van der Waals surface area contributed by atoms with Gasteiger partial charge in [-0.1, -0.05) is 5.16 Å². The molecule has 0 spiro atoms. The van der Waals surface area contributed by atoms with Crippen LogP contribution < -0.4 is 0 Å². The Labute approximate surface area is 94.9 Å². The second kappa shape index (κ2) is 4.08. The average molecular weight is 236 g/mol. The first-order valence-electron chi connectivity index (χ1n) is 4.57. The summed E-state index contributed by atoms with van der Waals surface area (Å²) in [6.45, 7) is 0. The van der Waals surface area contributed by atoms with E-state index >= 15 is 0 Å². The van der Waals surface area contributed by atoms with Gasteiger partial charge < -0.3 is 9.62 Å². The van der Waals surface area contributed by atoms with Gasteiger partial charge in [-0.25, -0.2) is 0 Å². The molecule has 2 rings (SSSR count). The summed E-state index contributed by atoms with van der Waals surface area (Å²) in [6.07, 6.45) is 2.78. The van der Waals surface area contributed by atoms with Crippen LogP contribution in [0.3, 0.4) is 0 Å². The monoisotopic (exact) mass is 236 g/mol. The Morgan fingerprint density at radius 3 is 3.00 bits per heavy atom. The van der Waals surface area contributed by atoms with E-state index in [0.29, 0.717) is 11.3 Å². The molecule has 0 bridgehead atoms. The predicted molar refractivity (Wildman–Crippen MR) is 56.9 cm³/mol. The van der Waals surface area contributed by atoms with Gasteiger partial charge >= 0.3 is 5.88 Å². The van der Waals surface area contributed by atoms with Gasteiger partial charge in [0.1, 0.15) is 10.6 Å². The van der Waals surface area contributed by atoms with Crippen molar-refractivity contribution in [3.63, 3.8) is 0 Å². The highest BCUT2D eigenvalue weighted by Crippen LogP contribution is 2.26. The Hall–Kier alpha value is -2.64. The average Bonchev–Trinajstić information content (AvgIpc) is 2.85. The zero-order valence-corrected chi connectivity index (χ0v) is 8.77. The van der Waals surface area contributed by atoms with Crippen molar-refractivity contribution in [1.29, 1.82) is 0 Å². The molecule has 2 aromatic rings. The van der Waals surface area contributed by atoms with E-state index < -0.39 is 4.92 Å². The minimum absolute atomic E-state index is 0.243. The van der Waals surface area contributed by atoms with E-state index in [9.17, 15) is 10.1 Å². The molecule has 88 valence electrons. The molecule has 0 radical (unpaired) electrons. The molecule has 2 heterocycles. The second-order valence-electron chi connectivity index (χ2n) is 3.25. The van der Waals surface area contributed by atoms with Crippen LogP contribution in [0, 0.1) is 10.1 Å². The summed E-state index contributed by atoms with van der Waals surface area (Å²) in [4.78, 5) is 9.85. The van der Waals surface area contributed by atoms with E-state index in [2.05, 4.69) is 10.3 Å². The molecule has 17 heavy (non-hydrogen) atoms. The van der Waals surface area contributed by atoms with Crippen molar-refractivity contribution >= 4 is 12.1 Å². The van der Waals surface area contributed by atoms with Crippen molar-refractivity contribution < 1.29 is 14.5 Å². The molecule has 0 atom stereocenters. The van der Waals surface area contributed by atoms with Gasteiger partial charge in [-0.3, -0.25) is 14.8 Å². The van der Waals surface area contributed by atoms with Crippen LogP contribution in [0.1, 0.15) is 5.56 Å². The standard InChI is InChI=1S/C9H8N4O4/c1-12-5-6(4-10-14)9(11-12)7-2-3-8(17-7)13(15)16/h2-5,14H,1H3/b10-4+. The van der Waals surface area contributed by atoms with Crippen molar-refractivity contribution in [2.45, 2.75) is 0 Å². The SMILES string of the molecule is Cn1cc(/C=N/O)c(-c2ccc([N+](=O)[O-])o2)n1. The Morgan fingerprint density at radius 1 is 1.65 bits per heavy atom. The Kier molecular flexibility index (Phi) is 2.61. The lowest BCUT2D eigenvalue weighted by molar-refractivity contribution is -0.401. The molecule has 0 aliphatic rings. The first-order chi connectivity index (χ1) is 8.11. The molecular weight excluding hydrogens is 228 g/mol. The van der Waals surface area contributed by atoms with E-state index in [1.54, 1.807) is 13.2 Å². The fourth-order valence-electron chi connectivity index (χ4n) is 1.41. The topological polar surface area (TPSA) is 107 Å². The molecule has 0 unspecified atom stereocenters. The number of nitrogens with zero attached hydrogens (tertiary/aromatic N) is 4. The maximum Gasteiger partial charge on any atom is 0.433 e. The number of aryl methyl sites for hydroxylation is 1. The minimum Gasteiger partial charge on any atom is -0.411 e. The van der Waals surface area contributed by atoms with Crippen molar-refractivity contribution in [2.24, 2.45) is 12.2 Å². The van der Waals surface area contributed by atoms with E-state index in [0.717, 1.165) is 0 Å². The zero-order chi connectivity index (χ0) is 12.4. The number of hydrogen-bond donors (Lipinski definition) is 1. The molecule has 0 saturated carbocycles. The quantitative estimate of drug-likeness (QED) is 0.375. The molecule has 0 fully saturated rings. The Balaban J connectivity index is 2.48. The van der Waals surface area contributed by atoms with Gasteiger partial charge in [0.25, 0.3) is 0 Å². The second-order valence-corrected chi connectivity index (χ2v) is 3.25. The summed E-state index contributed by atoms with van der Waals surface area (Å²) >= 11 is 0. The number of nitro groups is 1. The van der Waals surface area contributed by atoms with Crippen LogP contribution in [-0.4, -0.2) is 26.1 Å². The van der Waals surface area contributed by atoms with E-state index in [-0.39, 0.29) is 11.6 Å². The summed E-state index contributed by atoms with van der Waals surface area (Å²) in [5, 5.41) is 25.9. The number of oxime groups is 1. The first-order valence-corrected chi connectivity index (χ1v) is 4.57. The number of furan rings is 1. The van der Waals surface area contributed by atoms with Gasteiger partial charge in [-0.05, 0) is 6.07 Å². The van der Waals surface area contributed by atoms with Crippen molar-refractivity contribution in [2.75, 3.05) is 0 Å². The zero-order valence-electron chi connectivity index (χ0n) is 8.77. The van der Waals surface area contributed by atoms with Crippen LogP contribution in [0.4, 0.5) is 5.88 Å². The fourth-order valence-corrected chi connectivity index (χ4v) is 1.41. The number of hydrogen-bond acceptors (Lipinski definition) is 6. The minimum atomic E-state index is -0.633. The van der Waals surface area contributed by atoms with Gasteiger partial charge in [0.15, 0.2) is 5.76 Å². The van der Waals surface area contributed by atoms with Gasteiger partial charge in [-0.15, -0.1) is 0 Å². The maximum atomic E-state index is 10.5. The third kappa shape index (κ3) is 2.00. The predicted octanol–water partition coefficient (Wildman–Crippen LogP) is 1.40. The molecule has 1 N–H and O–H groups in total. The molecular formula is C9H8N4O4. The summed E-state index contributed by atoms with van der Waals surface area (Å²) < 4.78 is 6.50. The van der Waals surface area contributed by atoms with E-state index in [1.807, 2.05) is 0 Å². The van der Waals surface area contributed by atoms with Crippen molar-refractivity contribution in [1.82, 2.24) is 9.78 Å². The van der Waals surface area contributed by atoms with Crippen LogP contribution in [-0.2, 0) is 7.05 Å². The Bertz CT molecular complexity index is 584. The van der Waals surface area contributed by atoms with E-state index in [4.69, 9.17) is 9.62 Å². The molecule has 0 aromatic carbocycles. The number of rotatable bonds is 3. The van der Waals surface area contributed by atoms with Crippen molar-refractivity contribution in [3.8, 4) is 11.5 Å². The molecule has 0 aliphatic heterocycles. The lowest BCUT2D eigenvalue weighted by Gasteiger charge is -1.90. The van der Waals surface area contributed by atoms with Crippen LogP contribution >= 0.6 is 0 Å². The highest BCUT2D eigenvalue weighted by molar-refractivity contribution is 5.87. The summed E-state index contributed by atoms with van der Waals surface area (Å²) in [7, 11) is 1.68. The maximum absolute atomic E-state index is 10.5. The lowest BCUT2D eigenvalue weighted by Crippen LogP contribution is -1.87. The highest BCUT2D eigenvalue weighted by Gasteiger charge is 2.17. The summed E-state index contributed by atoms with van der Waals surface area (Å²) in [5.41, 5.74) is 0.873. The van der Waals surface area contributed by atoms with Crippen LogP contribution in [0.5, 0.6) is 0 Å². The first kappa shape index (κ1) is 10.9. The fraction of sp³-hybridized carbons (Fsp3) is 0.111. The molecule has 8 heteroatoms. The number of aromatic nitrogens is 2. The third-order valence-electron chi connectivity index (χ3n) is 2.06. The van der Waals surface area contributed by atoms with Gasteiger partial charge in [-0.2, -0.15) is 5.10 Å². The Morgan fingerprint density at radius 2 is 2.41 bits per heavy atom. The molecule has 0 saturated heterocycles. The molecule has 2 aromatic heterocycles.